The number of anilines is 1. The van der Waals surface area contributed by atoms with Crippen molar-refractivity contribution in [1.82, 2.24) is 5.32 Å². The van der Waals surface area contributed by atoms with E-state index >= 15 is 0 Å². The van der Waals surface area contributed by atoms with Crippen LogP contribution in [-0.2, 0) is 22.4 Å². The summed E-state index contributed by atoms with van der Waals surface area (Å²) in [6, 6.07) is 17.7. The van der Waals surface area contributed by atoms with Gasteiger partial charge in [-0.3, -0.25) is 14.6 Å². The number of hydrogen-bond donors (Lipinski definition) is 3. The van der Waals surface area contributed by atoms with Gasteiger partial charge < -0.3 is 20.4 Å². The Labute approximate surface area is 185 Å². The maximum atomic E-state index is 12.6. The van der Waals surface area contributed by atoms with Gasteiger partial charge in [0.2, 0.25) is 0 Å². The number of amides is 2. The van der Waals surface area contributed by atoms with Gasteiger partial charge in [-0.15, -0.1) is 11.8 Å². The highest BCUT2D eigenvalue weighted by molar-refractivity contribution is 8.14. The largest absolute Gasteiger partial charge is 0.380 e. The van der Waals surface area contributed by atoms with Crippen molar-refractivity contribution < 1.29 is 19.8 Å². The zero-order valence-electron chi connectivity index (χ0n) is 17.0. The van der Waals surface area contributed by atoms with E-state index in [1.807, 2.05) is 36.4 Å². The number of aliphatic hydroxyl groups is 2. The number of para-hydroxylation sites is 1. The summed E-state index contributed by atoms with van der Waals surface area (Å²) in [7, 11) is 0. The Kier molecular flexibility index (Phi) is 6.70. The Morgan fingerprint density at radius 2 is 1.84 bits per heavy atom. The fourth-order valence-electron chi connectivity index (χ4n) is 3.83. The maximum absolute atomic E-state index is 12.6. The van der Waals surface area contributed by atoms with E-state index in [1.54, 1.807) is 17.8 Å². The van der Waals surface area contributed by atoms with Gasteiger partial charge in [0, 0.05) is 18.0 Å². The molecule has 0 aliphatic carbocycles. The van der Waals surface area contributed by atoms with Crippen LogP contribution in [0, 0.1) is 0 Å². The topological polar surface area (TPSA) is 102 Å². The van der Waals surface area contributed by atoms with E-state index in [1.165, 1.54) is 10.5 Å². The monoisotopic (exact) mass is 439 g/mol. The van der Waals surface area contributed by atoms with Crippen LogP contribution in [-0.4, -0.2) is 64.2 Å². The van der Waals surface area contributed by atoms with E-state index < -0.39 is 24.0 Å². The number of aliphatic hydroxyl groups excluding tert-OH is 2. The molecule has 3 N–H and O–H groups in total. The summed E-state index contributed by atoms with van der Waals surface area (Å²) in [5, 5.41) is 23.9. The minimum Gasteiger partial charge on any atom is -0.380 e. The average molecular weight is 440 g/mol. The number of benzene rings is 2. The smallest absolute Gasteiger partial charge is 0.259 e. The van der Waals surface area contributed by atoms with Crippen LogP contribution in [0.5, 0.6) is 0 Å². The van der Waals surface area contributed by atoms with Gasteiger partial charge in [0.05, 0.1) is 17.6 Å². The Hall–Kier alpha value is -2.68. The second-order valence-corrected chi connectivity index (χ2v) is 8.75. The Balaban J connectivity index is 1.28. The molecule has 0 spiro atoms. The van der Waals surface area contributed by atoms with Crippen LogP contribution < -0.4 is 10.2 Å². The van der Waals surface area contributed by atoms with Crippen molar-refractivity contribution in [2.24, 2.45) is 4.99 Å². The van der Waals surface area contributed by atoms with E-state index in [2.05, 4.69) is 22.4 Å². The van der Waals surface area contributed by atoms with Crippen molar-refractivity contribution in [2.75, 3.05) is 23.7 Å². The Morgan fingerprint density at radius 3 is 2.65 bits per heavy atom. The van der Waals surface area contributed by atoms with Crippen LogP contribution in [0.15, 0.2) is 59.6 Å². The fourth-order valence-corrected chi connectivity index (χ4v) is 4.81. The van der Waals surface area contributed by atoms with Gasteiger partial charge >= 0.3 is 0 Å². The lowest BCUT2D eigenvalue weighted by Crippen LogP contribution is -2.51. The first-order chi connectivity index (χ1) is 15.0. The molecule has 0 bridgehead atoms. The summed E-state index contributed by atoms with van der Waals surface area (Å²) in [6.45, 7) is 0.582. The van der Waals surface area contributed by atoms with Crippen LogP contribution in [0.1, 0.15) is 11.1 Å². The normalized spacial score (nSPS) is 19.5. The molecule has 1 unspecified atom stereocenters. The van der Waals surface area contributed by atoms with Gasteiger partial charge in [-0.25, -0.2) is 0 Å². The lowest BCUT2D eigenvalue weighted by Gasteiger charge is -2.23. The summed E-state index contributed by atoms with van der Waals surface area (Å²) >= 11 is 1.57. The Bertz CT molecular complexity index is 982. The molecule has 0 saturated carbocycles. The third kappa shape index (κ3) is 4.98. The van der Waals surface area contributed by atoms with Crippen molar-refractivity contribution in [3.8, 4) is 0 Å². The average Bonchev–Trinajstić information content (AvgIpc) is 3.43. The molecule has 7 nitrogen and oxygen atoms in total. The zero-order chi connectivity index (χ0) is 21.8. The number of carbonyl (C=O) groups is 2. The first-order valence-corrected chi connectivity index (χ1v) is 11.3. The minimum atomic E-state index is -1.84. The number of nitrogens with zero attached hydrogens (tertiary/aromatic N) is 2. The van der Waals surface area contributed by atoms with E-state index in [4.69, 9.17) is 0 Å². The van der Waals surface area contributed by atoms with Crippen LogP contribution in [0.3, 0.4) is 0 Å². The van der Waals surface area contributed by atoms with Crippen molar-refractivity contribution >= 4 is 34.3 Å². The molecule has 0 saturated heterocycles. The molecule has 2 aliphatic heterocycles. The molecule has 3 atom stereocenters. The van der Waals surface area contributed by atoms with Crippen LogP contribution in [0.25, 0.3) is 0 Å². The number of rotatable bonds is 7. The van der Waals surface area contributed by atoms with Crippen molar-refractivity contribution in [3.63, 3.8) is 0 Å². The SMILES string of the molecule is O=C(NCC1=NC(Cc2ccccc2)CS1)[C@H](O)[C@@H](O)C(=O)N1CCc2ccccc21. The molecule has 0 radical (unpaired) electrons. The molecule has 0 fully saturated rings. The zero-order valence-corrected chi connectivity index (χ0v) is 17.8. The van der Waals surface area contributed by atoms with Crippen molar-refractivity contribution in [2.45, 2.75) is 31.1 Å². The highest BCUT2D eigenvalue weighted by Gasteiger charge is 2.36. The van der Waals surface area contributed by atoms with Crippen LogP contribution >= 0.6 is 11.8 Å². The summed E-state index contributed by atoms with van der Waals surface area (Å²) in [6.07, 6.45) is -2.15. The van der Waals surface area contributed by atoms with Gasteiger partial charge in [-0.05, 0) is 30.0 Å². The molecule has 31 heavy (non-hydrogen) atoms. The van der Waals surface area contributed by atoms with E-state index in [0.29, 0.717) is 18.7 Å². The van der Waals surface area contributed by atoms with Gasteiger partial charge in [-0.1, -0.05) is 48.5 Å². The van der Waals surface area contributed by atoms with E-state index in [0.717, 1.165) is 22.8 Å². The lowest BCUT2D eigenvalue weighted by molar-refractivity contribution is -0.144. The first-order valence-electron chi connectivity index (χ1n) is 10.3. The lowest BCUT2D eigenvalue weighted by atomic mass is 10.1. The minimum absolute atomic E-state index is 0.145. The number of nitrogens with one attached hydrogen (secondary N) is 1. The number of aliphatic imine (C=N–C) groups is 1. The van der Waals surface area contributed by atoms with Gasteiger partial charge in [-0.2, -0.15) is 0 Å². The predicted molar refractivity (Wildman–Crippen MR) is 121 cm³/mol. The van der Waals surface area contributed by atoms with E-state index in [-0.39, 0.29) is 12.6 Å². The third-order valence-electron chi connectivity index (χ3n) is 5.47. The summed E-state index contributed by atoms with van der Waals surface area (Å²) in [5.74, 6) is -0.635. The van der Waals surface area contributed by atoms with Crippen LogP contribution in [0.2, 0.25) is 0 Å². The summed E-state index contributed by atoms with van der Waals surface area (Å²) in [4.78, 5) is 31.0. The van der Waals surface area contributed by atoms with Crippen molar-refractivity contribution in [1.29, 1.82) is 0 Å². The second kappa shape index (κ2) is 9.64. The standard InChI is InChI=1S/C23H25N3O4S/c27-20(21(28)23(30)26-11-10-16-8-4-5-9-18(16)26)22(29)24-13-19-25-17(14-31-19)12-15-6-2-1-3-7-15/h1-9,17,20-21,27-28H,10-14H2,(H,24,29)/t17?,20-,21-/m1/s1. The number of fused-ring (bicyclic) bond motifs is 1. The molecule has 2 amide bonds. The molecule has 8 heteroatoms. The first kappa shape index (κ1) is 21.5. The highest BCUT2D eigenvalue weighted by Crippen LogP contribution is 2.28. The van der Waals surface area contributed by atoms with Gasteiger partial charge in [0.1, 0.15) is 0 Å². The second-order valence-electron chi connectivity index (χ2n) is 7.65. The van der Waals surface area contributed by atoms with Crippen molar-refractivity contribution in [3.05, 3.63) is 65.7 Å². The van der Waals surface area contributed by atoms with Gasteiger partial charge in [0.15, 0.2) is 12.2 Å². The molecule has 4 rings (SSSR count). The fraction of sp³-hybridized carbons (Fsp3) is 0.348. The molecule has 2 heterocycles. The quantitative estimate of drug-likeness (QED) is 0.601. The molecule has 2 aromatic rings. The molecule has 2 aliphatic rings. The maximum Gasteiger partial charge on any atom is 0.259 e. The number of carbonyl (C=O) groups excluding carboxylic acids is 2. The third-order valence-corrected chi connectivity index (χ3v) is 6.61. The molecular formula is C23H25N3O4S. The molecule has 162 valence electrons. The summed E-state index contributed by atoms with van der Waals surface area (Å²) < 4.78 is 0. The number of thioether (sulfide) groups is 1. The van der Waals surface area contributed by atoms with Crippen LogP contribution in [0.4, 0.5) is 5.69 Å². The van der Waals surface area contributed by atoms with Gasteiger partial charge in [0.25, 0.3) is 11.8 Å². The molecule has 2 aromatic carbocycles. The molecular weight excluding hydrogens is 414 g/mol. The van der Waals surface area contributed by atoms with E-state index in [9.17, 15) is 19.8 Å². The number of hydrogen-bond acceptors (Lipinski definition) is 6. The summed E-state index contributed by atoms with van der Waals surface area (Å²) in [5.41, 5.74) is 2.92. The Morgan fingerprint density at radius 1 is 1.10 bits per heavy atom. The highest BCUT2D eigenvalue weighted by atomic mass is 32.2. The predicted octanol–water partition coefficient (Wildman–Crippen LogP) is 1.17. The molecule has 0 aromatic heterocycles.